The summed E-state index contributed by atoms with van der Waals surface area (Å²) in [7, 11) is 0. The average Bonchev–Trinajstić information content (AvgIpc) is 3.14. The maximum Gasteiger partial charge on any atom is 0.508 e. The van der Waals surface area contributed by atoms with Crippen molar-refractivity contribution in [3.63, 3.8) is 0 Å². The van der Waals surface area contributed by atoms with Gasteiger partial charge in [-0.3, -0.25) is 4.79 Å². The van der Waals surface area contributed by atoms with Crippen LogP contribution >= 0.6 is 0 Å². The molecule has 0 aliphatic carbocycles. The largest absolute Gasteiger partial charge is 0.508 e. The van der Waals surface area contributed by atoms with Crippen LogP contribution in [0.1, 0.15) is 220 Å². The van der Waals surface area contributed by atoms with E-state index < -0.39 is 6.16 Å². The minimum Gasteiger partial charge on any atom is -0.465 e. The molecule has 0 saturated carbocycles. The Bertz CT molecular complexity index is 733. The van der Waals surface area contributed by atoms with Crippen LogP contribution in [0.5, 0.6) is 0 Å². The summed E-state index contributed by atoms with van der Waals surface area (Å²) >= 11 is 0. The summed E-state index contributed by atoms with van der Waals surface area (Å²) in [5, 5.41) is 9.55. The highest BCUT2D eigenvalue weighted by Crippen LogP contribution is 2.20. The number of nitrogens with zero attached hydrogens (tertiary/aromatic N) is 1. The number of aliphatic hydroxyl groups is 1. The molecule has 0 rings (SSSR count). The summed E-state index contributed by atoms with van der Waals surface area (Å²) in [5.41, 5.74) is 0. The van der Waals surface area contributed by atoms with E-state index in [1.54, 1.807) is 0 Å². The molecule has 1 N–H and O–H groups in total. The molecule has 0 aliphatic heterocycles. The summed E-state index contributed by atoms with van der Waals surface area (Å²) in [6.45, 7) is 13.3. The predicted molar refractivity (Wildman–Crippen MR) is 220 cm³/mol. The zero-order valence-corrected chi connectivity index (χ0v) is 35.3. The van der Waals surface area contributed by atoms with Crippen LogP contribution in [0.15, 0.2) is 0 Å². The van der Waals surface area contributed by atoms with Crippen molar-refractivity contribution < 1.29 is 28.9 Å². The number of unbranched alkanes of at least 4 members (excludes halogenated alkanes) is 21. The molecule has 310 valence electrons. The molecule has 0 spiro atoms. The molecule has 7 heteroatoms. The quantitative estimate of drug-likeness (QED) is 0.0493. The fraction of sp³-hybridized carbons (Fsp3) is 0.956. The summed E-state index contributed by atoms with van der Waals surface area (Å²) < 4.78 is 16.5. The van der Waals surface area contributed by atoms with Gasteiger partial charge in [0.05, 0.1) is 26.4 Å². The molecule has 0 fully saturated rings. The SMILES string of the molecule is CCCCCCCCCC(=O)OCC(C)CCCCCN(CCO)CCCCCCOC(=O)OCC(CCCCCCCC)CCCCCCCC. The lowest BCUT2D eigenvalue weighted by Gasteiger charge is -2.21. The summed E-state index contributed by atoms with van der Waals surface area (Å²) in [6, 6.07) is 0. The van der Waals surface area contributed by atoms with E-state index in [0.29, 0.717) is 38.1 Å². The number of rotatable bonds is 41. The number of esters is 1. The molecule has 0 aromatic heterocycles. The molecule has 0 saturated heterocycles. The van der Waals surface area contributed by atoms with Crippen LogP contribution in [-0.2, 0) is 19.0 Å². The number of ether oxygens (including phenoxy) is 3. The zero-order chi connectivity index (χ0) is 38.2. The van der Waals surface area contributed by atoms with Gasteiger partial charge in [-0.05, 0) is 69.9 Å². The van der Waals surface area contributed by atoms with E-state index in [1.165, 1.54) is 109 Å². The molecule has 0 aromatic carbocycles. The van der Waals surface area contributed by atoms with Crippen molar-refractivity contribution in [2.75, 3.05) is 46.1 Å². The van der Waals surface area contributed by atoms with Crippen molar-refractivity contribution in [1.82, 2.24) is 4.90 Å². The zero-order valence-electron chi connectivity index (χ0n) is 35.3. The Hall–Kier alpha value is -1.34. The van der Waals surface area contributed by atoms with E-state index in [0.717, 1.165) is 96.7 Å². The number of hydrogen-bond acceptors (Lipinski definition) is 7. The van der Waals surface area contributed by atoms with Crippen LogP contribution < -0.4 is 0 Å². The summed E-state index contributed by atoms with van der Waals surface area (Å²) in [5.74, 6) is 0.821. The summed E-state index contributed by atoms with van der Waals surface area (Å²) in [4.78, 5) is 26.8. The second-order valence-corrected chi connectivity index (χ2v) is 15.9. The lowest BCUT2D eigenvalue weighted by molar-refractivity contribution is -0.145. The Morgan fingerprint density at radius 3 is 1.52 bits per heavy atom. The molecule has 52 heavy (non-hydrogen) atoms. The first-order valence-corrected chi connectivity index (χ1v) is 22.7. The van der Waals surface area contributed by atoms with Gasteiger partial charge in [0.1, 0.15) is 0 Å². The highest BCUT2D eigenvalue weighted by Gasteiger charge is 2.14. The molecule has 7 nitrogen and oxygen atoms in total. The number of aliphatic hydroxyl groups excluding tert-OH is 1. The van der Waals surface area contributed by atoms with Gasteiger partial charge in [0, 0.05) is 13.0 Å². The van der Waals surface area contributed by atoms with Gasteiger partial charge in [0.15, 0.2) is 0 Å². The number of hydrogen-bond donors (Lipinski definition) is 1. The molecule has 0 amide bonds. The van der Waals surface area contributed by atoms with Crippen LogP contribution in [0.25, 0.3) is 0 Å². The van der Waals surface area contributed by atoms with E-state index >= 15 is 0 Å². The second-order valence-electron chi connectivity index (χ2n) is 15.9. The molecular weight excluding hydrogens is 650 g/mol. The Morgan fingerprint density at radius 2 is 0.962 bits per heavy atom. The van der Waals surface area contributed by atoms with Gasteiger partial charge >= 0.3 is 12.1 Å². The first kappa shape index (κ1) is 50.7. The Labute approximate surface area is 323 Å². The molecule has 0 aliphatic rings. The van der Waals surface area contributed by atoms with Crippen molar-refractivity contribution in [2.45, 2.75) is 220 Å². The van der Waals surface area contributed by atoms with E-state index in [-0.39, 0.29) is 12.6 Å². The minimum atomic E-state index is -0.501. The Morgan fingerprint density at radius 1 is 0.500 bits per heavy atom. The van der Waals surface area contributed by atoms with E-state index in [9.17, 15) is 14.7 Å². The lowest BCUT2D eigenvalue weighted by atomic mass is 9.95. The van der Waals surface area contributed by atoms with Crippen molar-refractivity contribution >= 4 is 12.1 Å². The topological polar surface area (TPSA) is 85.3 Å². The van der Waals surface area contributed by atoms with E-state index in [1.807, 2.05) is 0 Å². The smallest absolute Gasteiger partial charge is 0.465 e. The van der Waals surface area contributed by atoms with Crippen LogP contribution in [-0.4, -0.2) is 68.2 Å². The van der Waals surface area contributed by atoms with E-state index in [4.69, 9.17) is 14.2 Å². The second kappa shape index (κ2) is 40.8. The van der Waals surface area contributed by atoms with Crippen LogP contribution in [0, 0.1) is 11.8 Å². The van der Waals surface area contributed by atoms with Crippen LogP contribution in [0.4, 0.5) is 4.79 Å². The predicted octanol–water partition coefficient (Wildman–Crippen LogP) is 13.0. The van der Waals surface area contributed by atoms with Gasteiger partial charge in [0.2, 0.25) is 0 Å². The highest BCUT2D eigenvalue weighted by atomic mass is 16.7. The van der Waals surface area contributed by atoms with Gasteiger partial charge in [-0.25, -0.2) is 4.79 Å². The molecule has 0 bridgehead atoms. The van der Waals surface area contributed by atoms with Crippen molar-refractivity contribution in [2.24, 2.45) is 11.8 Å². The highest BCUT2D eigenvalue weighted by molar-refractivity contribution is 5.69. The fourth-order valence-corrected chi connectivity index (χ4v) is 7.01. The normalized spacial score (nSPS) is 12.1. The van der Waals surface area contributed by atoms with Gasteiger partial charge < -0.3 is 24.2 Å². The standard InChI is InChI=1S/C45H89NO6/c1-5-8-11-14-17-20-27-34-44(48)51-40-42(4)31-24-23-29-36-46(37-38-47)35-28-21-22-30-39-50-45(49)52-41-43(32-25-18-15-12-9-6-2)33-26-19-16-13-10-7-3/h42-43,47H,5-41H2,1-4H3. The van der Waals surface area contributed by atoms with Crippen molar-refractivity contribution in [3.8, 4) is 0 Å². The first-order valence-electron chi connectivity index (χ1n) is 22.7. The Kier molecular flexibility index (Phi) is 39.8. The van der Waals surface area contributed by atoms with Crippen LogP contribution in [0.3, 0.4) is 0 Å². The monoisotopic (exact) mass is 740 g/mol. The van der Waals surface area contributed by atoms with Crippen molar-refractivity contribution in [3.05, 3.63) is 0 Å². The molecule has 0 aromatic rings. The van der Waals surface area contributed by atoms with Crippen LogP contribution in [0.2, 0.25) is 0 Å². The third-order valence-electron chi connectivity index (χ3n) is 10.6. The lowest BCUT2D eigenvalue weighted by Crippen LogP contribution is -2.29. The average molecular weight is 740 g/mol. The molecule has 0 heterocycles. The molecule has 1 atom stereocenters. The van der Waals surface area contributed by atoms with Gasteiger partial charge in [-0.2, -0.15) is 0 Å². The van der Waals surface area contributed by atoms with Crippen molar-refractivity contribution in [1.29, 1.82) is 0 Å². The number of carbonyl (C=O) groups is 2. The van der Waals surface area contributed by atoms with E-state index in [2.05, 4.69) is 32.6 Å². The third kappa shape index (κ3) is 37.0. The molecule has 1 unspecified atom stereocenters. The molecule has 0 radical (unpaired) electrons. The maximum atomic E-state index is 12.3. The van der Waals surface area contributed by atoms with Gasteiger partial charge in [0.25, 0.3) is 0 Å². The van der Waals surface area contributed by atoms with Gasteiger partial charge in [-0.1, -0.05) is 169 Å². The number of carbonyl (C=O) groups excluding carboxylic acids is 2. The first-order chi connectivity index (χ1) is 25.5. The molecular formula is C45H89NO6. The maximum absolute atomic E-state index is 12.3. The summed E-state index contributed by atoms with van der Waals surface area (Å²) in [6.07, 6.45) is 35.0. The Balaban J connectivity index is 3.98. The van der Waals surface area contributed by atoms with Gasteiger partial charge in [-0.15, -0.1) is 0 Å². The fourth-order valence-electron chi connectivity index (χ4n) is 7.01. The minimum absolute atomic E-state index is 0.0357. The third-order valence-corrected chi connectivity index (χ3v) is 10.6.